The number of ketones is 1. The first-order chi connectivity index (χ1) is 12.0. The molecule has 0 amide bonds. The molecule has 0 aliphatic heterocycles. The van der Waals surface area contributed by atoms with Crippen LogP contribution in [0.2, 0.25) is 5.02 Å². The van der Waals surface area contributed by atoms with Crippen LogP contribution in [0.5, 0.6) is 0 Å². The summed E-state index contributed by atoms with van der Waals surface area (Å²) in [6.07, 6.45) is 1.73. The summed E-state index contributed by atoms with van der Waals surface area (Å²) in [5.74, 6) is -1.23. The number of ether oxygens (including phenoxy) is 1. The quantitative estimate of drug-likeness (QED) is 0.429. The lowest BCUT2D eigenvalue weighted by atomic mass is 9.96. The number of aliphatic carboxylic acids is 1. The van der Waals surface area contributed by atoms with Crippen molar-refractivity contribution < 1.29 is 19.4 Å². The zero-order valence-corrected chi connectivity index (χ0v) is 14.6. The number of hydrogen-bond donors (Lipinski definition) is 1. The van der Waals surface area contributed by atoms with Gasteiger partial charge in [-0.1, -0.05) is 41.9 Å². The van der Waals surface area contributed by atoms with Crippen LogP contribution < -0.4 is 0 Å². The van der Waals surface area contributed by atoms with Crippen molar-refractivity contribution in [3.8, 4) is 0 Å². The lowest BCUT2D eigenvalue weighted by Crippen LogP contribution is -2.07. The Hall–Kier alpha value is -2.43. The zero-order chi connectivity index (χ0) is 18.2. The Morgan fingerprint density at radius 3 is 2.52 bits per heavy atom. The van der Waals surface area contributed by atoms with Gasteiger partial charge in [-0.05, 0) is 36.8 Å². The minimum Gasteiger partial charge on any atom is -0.478 e. The zero-order valence-electron chi connectivity index (χ0n) is 13.9. The number of halogens is 1. The van der Waals surface area contributed by atoms with E-state index < -0.39 is 5.97 Å². The maximum absolute atomic E-state index is 12.7. The van der Waals surface area contributed by atoms with Gasteiger partial charge in [-0.25, -0.2) is 4.79 Å². The summed E-state index contributed by atoms with van der Waals surface area (Å²) in [5, 5.41) is 9.84. The molecule has 0 heterocycles. The summed E-state index contributed by atoms with van der Waals surface area (Å²) in [4.78, 5) is 24.2. The van der Waals surface area contributed by atoms with Crippen LogP contribution in [0.25, 0.3) is 6.08 Å². The average molecular weight is 359 g/mol. The van der Waals surface area contributed by atoms with E-state index >= 15 is 0 Å². The summed E-state index contributed by atoms with van der Waals surface area (Å²) in [7, 11) is 0. The van der Waals surface area contributed by atoms with Gasteiger partial charge < -0.3 is 9.84 Å². The van der Waals surface area contributed by atoms with Gasteiger partial charge in [0.1, 0.15) is 0 Å². The van der Waals surface area contributed by atoms with Gasteiger partial charge in [-0.2, -0.15) is 0 Å². The molecule has 4 nitrogen and oxygen atoms in total. The highest BCUT2D eigenvalue weighted by Crippen LogP contribution is 2.23. The first-order valence-corrected chi connectivity index (χ1v) is 8.31. The number of benzene rings is 2. The Morgan fingerprint density at radius 2 is 1.88 bits per heavy atom. The molecule has 0 bridgehead atoms. The summed E-state index contributed by atoms with van der Waals surface area (Å²) >= 11 is 6.04. The second kappa shape index (κ2) is 9.16. The van der Waals surface area contributed by atoms with Crippen molar-refractivity contribution >= 4 is 29.4 Å². The molecule has 1 N–H and O–H groups in total. The Morgan fingerprint density at radius 1 is 1.16 bits per heavy atom. The topological polar surface area (TPSA) is 63.6 Å². The fourth-order valence-corrected chi connectivity index (χ4v) is 2.54. The van der Waals surface area contributed by atoms with Crippen LogP contribution in [0.15, 0.2) is 54.1 Å². The van der Waals surface area contributed by atoms with Gasteiger partial charge >= 0.3 is 5.97 Å². The van der Waals surface area contributed by atoms with Gasteiger partial charge in [0.25, 0.3) is 0 Å². The number of carbonyl (C=O) groups excluding carboxylic acids is 1. The van der Waals surface area contributed by atoms with Gasteiger partial charge in [0.15, 0.2) is 5.78 Å². The molecule has 0 atom stereocenters. The Balaban J connectivity index is 2.42. The molecule has 0 saturated heterocycles. The molecule has 0 radical (unpaired) electrons. The smallest absolute Gasteiger partial charge is 0.331 e. The van der Waals surface area contributed by atoms with Crippen LogP contribution in [0, 0.1) is 0 Å². The van der Waals surface area contributed by atoms with Crippen molar-refractivity contribution in [3.05, 3.63) is 75.8 Å². The number of carboxylic acid groups (broad SMARTS) is 1. The van der Waals surface area contributed by atoms with E-state index in [0.29, 0.717) is 34.9 Å². The second-order valence-corrected chi connectivity index (χ2v) is 5.78. The van der Waals surface area contributed by atoms with Crippen LogP contribution in [0.1, 0.15) is 34.8 Å². The minimum atomic E-state index is -1.04. The lowest BCUT2D eigenvalue weighted by molar-refractivity contribution is -0.132. The second-order valence-electron chi connectivity index (χ2n) is 5.35. The molecule has 25 heavy (non-hydrogen) atoms. The molecule has 0 aromatic heterocycles. The molecule has 130 valence electrons. The molecular weight excluding hydrogens is 340 g/mol. The van der Waals surface area contributed by atoms with Gasteiger partial charge in [0.2, 0.25) is 0 Å². The normalized spacial score (nSPS) is 11.4. The summed E-state index contributed by atoms with van der Waals surface area (Å²) in [6, 6.07) is 13.7. The summed E-state index contributed by atoms with van der Waals surface area (Å²) in [6.45, 7) is 2.66. The van der Waals surface area contributed by atoms with E-state index in [4.69, 9.17) is 16.3 Å². The maximum Gasteiger partial charge on any atom is 0.331 e. The number of rotatable bonds is 8. The van der Waals surface area contributed by atoms with Crippen molar-refractivity contribution in [1.29, 1.82) is 0 Å². The number of carboxylic acids is 1. The lowest BCUT2D eigenvalue weighted by Gasteiger charge is -2.09. The van der Waals surface area contributed by atoms with E-state index in [1.807, 2.05) is 13.0 Å². The van der Waals surface area contributed by atoms with Crippen LogP contribution in [0.3, 0.4) is 0 Å². The van der Waals surface area contributed by atoms with E-state index in [2.05, 4.69) is 0 Å². The minimum absolute atomic E-state index is 0.165. The predicted molar refractivity (Wildman–Crippen MR) is 98.0 cm³/mol. The van der Waals surface area contributed by atoms with Gasteiger partial charge in [-0.15, -0.1) is 0 Å². The monoisotopic (exact) mass is 358 g/mol. The van der Waals surface area contributed by atoms with Crippen LogP contribution in [-0.4, -0.2) is 30.1 Å². The summed E-state index contributed by atoms with van der Waals surface area (Å²) < 4.78 is 5.23. The maximum atomic E-state index is 12.7. The van der Waals surface area contributed by atoms with E-state index in [1.54, 1.807) is 42.5 Å². The molecule has 0 spiro atoms. The summed E-state index contributed by atoms with van der Waals surface area (Å²) in [5.41, 5.74) is 1.59. The Labute approximate surface area is 151 Å². The molecule has 5 heteroatoms. The molecule has 0 aliphatic carbocycles. The molecule has 2 aromatic carbocycles. The van der Waals surface area contributed by atoms with E-state index in [1.165, 1.54) is 6.08 Å². The number of carbonyl (C=O) groups is 2. The molecule has 0 fully saturated rings. The SMILES string of the molecule is CCOCCC(=Cc1cc(Cl)ccc1C(=O)c1ccccc1)C(=O)O. The molecular formula is C20H19ClO4. The van der Waals surface area contributed by atoms with Crippen molar-refractivity contribution in [3.63, 3.8) is 0 Å². The molecule has 0 saturated carbocycles. The Kier molecular flexibility index (Phi) is 6.92. The highest BCUT2D eigenvalue weighted by atomic mass is 35.5. The van der Waals surface area contributed by atoms with Gasteiger partial charge in [-0.3, -0.25) is 4.79 Å². The molecule has 2 rings (SSSR count). The van der Waals surface area contributed by atoms with E-state index in [0.717, 1.165) is 0 Å². The van der Waals surface area contributed by atoms with Crippen molar-refractivity contribution in [2.75, 3.05) is 13.2 Å². The third-order valence-corrected chi connectivity index (χ3v) is 3.85. The molecule has 2 aromatic rings. The average Bonchev–Trinajstić information content (AvgIpc) is 2.61. The largest absolute Gasteiger partial charge is 0.478 e. The first kappa shape index (κ1) is 18.9. The number of hydrogen-bond acceptors (Lipinski definition) is 3. The third-order valence-electron chi connectivity index (χ3n) is 3.62. The fourth-order valence-electron chi connectivity index (χ4n) is 2.36. The Bertz CT molecular complexity index is 782. The fraction of sp³-hybridized carbons (Fsp3) is 0.200. The molecule has 0 unspecified atom stereocenters. The first-order valence-electron chi connectivity index (χ1n) is 7.93. The van der Waals surface area contributed by atoms with E-state index in [-0.39, 0.29) is 17.8 Å². The third kappa shape index (κ3) is 5.28. The van der Waals surface area contributed by atoms with Crippen LogP contribution in [-0.2, 0) is 9.53 Å². The van der Waals surface area contributed by atoms with Crippen molar-refractivity contribution in [1.82, 2.24) is 0 Å². The highest BCUT2D eigenvalue weighted by Gasteiger charge is 2.15. The highest BCUT2D eigenvalue weighted by molar-refractivity contribution is 6.31. The van der Waals surface area contributed by atoms with Gasteiger partial charge in [0.05, 0.1) is 6.61 Å². The standard InChI is InChI=1S/C20H19ClO4/c1-2-25-11-10-15(20(23)24)12-16-13-17(21)8-9-18(16)19(22)14-6-4-3-5-7-14/h3-9,12-13H,2,10-11H2,1H3,(H,23,24). The van der Waals surface area contributed by atoms with E-state index in [9.17, 15) is 14.7 Å². The molecule has 0 aliphatic rings. The predicted octanol–water partition coefficient (Wildman–Crippen LogP) is 4.47. The van der Waals surface area contributed by atoms with Crippen molar-refractivity contribution in [2.24, 2.45) is 0 Å². The van der Waals surface area contributed by atoms with Crippen molar-refractivity contribution in [2.45, 2.75) is 13.3 Å². The van der Waals surface area contributed by atoms with Crippen LogP contribution >= 0.6 is 11.6 Å². The van der Waals surface area contributed by atoms with Crippen LogP contribution in [0.4, 0.5) is 0 Å². The van der Waals surface area contributed by atoms with Gasteiger partial charge in [0, 0.05) is 34.8 Å².